The highest BCUT2D eigenvalue weighted by Crippen LogP contribution is 2.30. The van der Waals surface area contributed by atoms with E-state index in [9.17, 15) is 5.11 Å². The molecule has 1 heterocycles. The molecule has 3 N–H and O–H groups in total. The maximum Gasteiger partial charge on any atom is 0.191 e. The Morgan fingerprint density at radius 2 is 2.26 bits per heavy atom. The number of aliphatic imine (C=N–C) groups is 1. The van der Waals surface area contributed by atoms with E-state index in [0.29, 0.717) is 13.1 Å². The van der Waals surface area contributed by atoms with E-state index in [0.717, 1.165) is 31.8 Å². The summed E-state index contributed by atoms with van der Waals surface area (Å²) in [5.74, 6) is 0.782. The molecule has 19 heavy (non-hydrogen) atoms. The van der Waals surface area contributed by atoms with Crippen LogP contribution in [0.3, 0.4) is 0 Å². The van der Waals surface area contributed by atoms with Crippen molar-refractivity contribution in [3.05, 3.63) is 22.4 Å². The highest BCUT2D eigenvalue weighted by molar-refractivity contribution is 14.0. The van der Waals surface area contributed by atoms with Gasteiger partial charge in [0.1, 0.15) is 0 Å². The molecule has 6 heteroatoms. The quantitative estimate of drug-likeness (QED) is 0.408. The van der Waals surface area contributed by atoms with E-state index in [1.165, 1.54) is 5.56 Å². The van der Waals surface area contributed by atoms with Gasteiger partial charge in [-0.15, -0.1) is 24.0 Å². The van der Waals surface area contributed by atoms with E-state index >= 15 is 0 Å². The predicted molar refractivity (Wildman–Crippen MR) is 91.4 cm³/mol. The Labute approximate surface area is 135 Å². The number of thiophene rings is 1. The standard InChI is InChI=1S/C13H21N3OS.HI/c1-2-14-12(15-8-11-4-7-18-9-11)16-10-13(17)5-3-6-13;/h4,7,9,17H,2-3,5-6,8,10H2,1H3,(H2,14,15,16);1H. The molecule has 108 valence electrons. The summed E-state index contributed by atoms with van der Waals surface area (Å²) in [7, 11) is 0. The van der Waals surface area contributed by atoms with E-state index in [-0.39, 0.29) is 24.0 Å². The lowest BCUT2D eigenvalue weighted by atomic mass is 9.80. The highest BCUT2D eigenvalue weighted by Gasteiger charge is 2.34. The normalized spacial score (nSPS) is 17.3. The molecule has 4 nitrogen and oxygen atoms in total. The molecule has 0 saturated heterocycles. The van der Waals surface area contributed by atoms with Gasteiger partial charge < -0.3 is 15.7 Å². The number of halogens is 1. The SMILES string of the molecule is CCNC(=NCc1ccsc1)NCC1(O)CCC1.I. The largest absolute Gasteiger partial charge is 0.388 e. The summed E-state index contributed by atoms with van der Waals surface area (Å²) in [4.78, 5) is 4.51. The molecular formula is C13H22IN3OS. The van der Waals surface area contributed by atoms with Gasteiger partial charge in [-0.3, -0.25) is 0 Å². The van der Waals surface area contributed by atoms with Gasteiger partial charge in [-0.05, 0) is 48.6 Å². The van der Waals surface area contributed by atoms with Crippen molar-refractivity contribution in [1.82, 2.24) is 10.6 Å². The smallest absolute Gasteiger partial charge is 0.191 e. The van der Waals surface area contributed by atoms with Gasteiger partial charge in [0, 0.05) is 13.1 Å². The van der Waals surface area contributed by atoms with Crippen LogP contribution in [0.2, 0.25) is 0 Å². The van der Waals surface area contributed by atoms with Crippen LogP contribution in [-0.2, 0) is 6.54 Å². The molecular weight excluding hydrogens is 373 g/mol. The van der Waals surface area contributed by atoms with E-state index in [2.05, 4.69) is 32.5 Å². The van der Waals surface area contributed by atoms with Crippen LogP contribution >= 0.6 is 35.3 Å². The second-order valence-electron chi connectivity index (χ2n) is 4.76. The van der Waals surface area contributed by atoms with Crippen LogP contribution in [0.1, 0.15) is 31.7 Å². The second-order valence-corrected chi connectivity index (χ2v) is 5.54. The van der Waals surface area contributed by atoms with Crippen molar-refractivity contribution in [3.63, 3.8) is 0 Å². The minimum Gasteiger partial charge on any atom is -0.388 e. The maximum atomic E-state index is 10.0. The molecule has 0 atom stereocenters. The van der Waals surface area contributed by atoms with Crippen LogP contribution in [-0.4, -0.2) is 29.8 Å². The number of nitrogens with one attached hydrogen (secondary N) is 2. The average molecular weight is 395 g/mol. The Morgan fingerprint density at radius 1 is 1.47 bits per heavy atom. The fourth-order valence-electron chi connectivity index (χ4n) is 1.90. The van der Waals surface area contributed by atoms with Gasteiger partial charge >= 0.3 is 0 Å². The van der Waals surface area contributed by atoms with Gasteiger partial charge in [0.2, 0.25) is 0 Å². The van der Waals surface area contributed by atoms with Crippen molar-refractivity contribution in [3.8, 4) is 0 Å². The summed E-state index contributed by atoms with van der Waals surface area (Å²) in [6.07, 6.45) is 2.91. The molecule has 1 aromatic heterocycles. The lowest BCUT2D eigenvalue weighted by molar-refractivity contribution is -0.0279. The molecule has 1 aromatic rings. The zero-order valence-corrected chi connectivity index (χ0v) is 14.3. The molecule has 0 aliphatic heterocycles. The third-order valence-corrected chi connectivity index (χ3v) is 3.95. The molecule has 1 fully saturated rings. The number of hydrogen-bond donors (Lipinski definition) is 3. The van der Waals surface area contributed by atoms with Gasteiger partial charge in [-0.2, -0.15) is 11.3 Å². The zero-order chi connectivity index (χ0) is 12.8. The third-order valence-electron chi connectivity index (χ3n) is 3.21. The Morgan fingerprint density at radius 3 is 2.79 bits per heavy atom. The van der Waals surface area contributed by atoms with Crippen LogP contribution in [0.15, 0.2) is 21.8 Å². The van der Waals surface area contributed by atoms with Crippen LogP contribution in [0.25, 0.3) is 0 Å². The van der Waals surface area contributed by atoms with Crippen molar-refractivity contribution >= 4 is 41.3 Å². The van der Waals surface area contributed by atoms with Gasteiger partial charge in [0.05, 0.1) is 12.1 Å². The number of rotatable bonds is 5. The summed E-state index contributed by atoms with van der Waals surface area (Å²) in [6, 6.07) is 2.08. The summed E-state index contributed by atoms with van der Waals surface area (Å²) < 4.78 is 0. The molecule has 0 bridgehead atoms. The maximum absolute atomic E-state index is 10.0. The fourth-order valence-corrected chi connectivity index (χ4v) is 2.56. The molecule has 1 aliphatic carbocycles. The van der Waals surface area contributed by atoms with E-state index < -0.39 is 5.60 Å². The second kappa shape index (κ2) is 8.06. The van der Waals surface area contributed by atoms with E-state index in [1.54, 1.807) is 11.3 Å². The summed E-state index contributed by atoms with van der Waals surface area (Å²) in [6.45, 7) is 4.13. The van der Waals surface area contributed by atoms with Gasteiger partial charge in [0.25, 0.3) is 0 Å². The van der Waals surface area contributed by atoms with E-state index in [4.69, 9.17) is 0 Å². The predicted octanol–water partition coefficient (Wildman–Crippen LogP) is 2.34. The Balaban J connectivity index is 0.00000180. The first-order valence-electron chi connectivity index (χ1n) is 6.47. The van der Waals surface area contributed by atoms with Crippen molar-refractivity contribution in [1.29, 1.82) is 0 Å². The first kappa shape index (κ1) is 16.7. The summed E-state index contributed by atoms with van der Waals surface area (Å²) in [5.41, 5.74) is 0.707. The van der Waals surface area contributed by atoms with Crippen molar-refractivity contribution in [2.45, 2.75) is 38.3 Å². The summed E-state index contributed by atoms with van der Waals surface area (Å²) in [5, 5.41) is 20.6. The van der Waals surface area contributed by atoms with Gasteiger partial charge in [-0.1, -0.05) is 0 Å². The fraction of sp³-hybridized carbons (Fsp3) is 0.615. The zero-order valence-electron chi connectivity index (χ0n) is 11.2. The first-order valence-corrected chi connectivity index (χ1v) is 7.42. The lowest BCUT2D eigenvalue weighted by Crippen LogP contribution is -2.50. The monoisotopic (exact) mass is 395 g/mol. The topological polar surface area (TPSA) is 56.7 Å². The third kappa shape index (κ3) is 5.27. The number of guanidine groups is 1. The molecule has 1 saturated carbocycles. The van der Waals surface area contributed by atoms with Crippen LogP contribution < -0.4 is 10.6 Å². The van der Waals surface area contributed by atoms with Crippen LogP contribution in [0.4, 0.5) is 0 Å². The molecule has 0 aromatic carbocycles. The molecule has 1 aliphatic rings. The van der Waals surface area contributed by atoms with Crippen molar-refractivity contribution in [2.75, 3.05) is 13.1 Å². The van der Waals surface area contributed by atoms with Gasteiger partial charge in [-0.25, -0.2) is 4.99 Å². The molecule has 0 radical (unpaired) electrons. The molecule has 0 spiro atoms. The molecule has 0 unspecified atom stereocenters. The molecule has 2 rings (SSSR count). The Bertz CT molecular complexity index is 391. The lowest BCUT2D eigenvalue weighted by Gasteiger charge is -2.36. The average Bonchev–Trinajstić information content (AvgIpc) is 2.83. The Kier molecular flexibility index (Phi) is 7.09. The van der Waals surface area contributed by atoms with Crippen molar-refractivity contribution < 1.29 is 5.11 Å². The Hall–Kier alpha value is -0.340. The first-order chi connectivity index (χ1) is 8.72. The van der Waals surface area contributed by atoms with Crippen molar-refractivity contribution in [2.24, 2.45) is 4.99 Å². The highest BCUT2D eigenvalue weighted by atomic mass is 127. The molecule has 0 amide bonds. The number of hydrogen-bond acceptors (Lipinski definition) is 3. The van der Waals surface area contributed by atoms with Crippen LogP contribution in [0.5, 0.6) is 0 Å². The minimum absolute atomic E-state index is 0. The van der Waals surface area contributed by atoms with Gasteiger partial charge in [0.15, 0.2) is 5.96 Å². The summed E-state index contributed by atoms with van der Waals surface area (Å²) >= 11 is 1.68. The van der Waals surface area contributed by atoms with E-state index in [1.807, 2.05) is 6.92 Å². The number of nitrogens with zero attached hydrogens (tertiary/aromatic N) is 1. The minimum atomic E-state index is -0.515. The number of aliphatic hydroxyl groups is 1. The van der Waals surface area contributed by atoms with Crippen LogP contribution in [0, 0.1) is 0 Å².